The van der Waals surface area contributed by atoms with E-state index in [9.17, 15) is 4.79 Å². The first-order chi connectivity index (χ1) is 11.2. The van der Waals surface area contributed by atoms with Crippen molar-refractivity contribution in [2.75, 3.05) is 19.7 Å². The molecule has 0 bridgehead atoms. The minimum absolute atomic E-state index is 0.334. The number of carbonyl (C=O) groups excluding carboxylic acids is 1. The molecule has 23 heavy (non-hydrogen) atoms. The Balaban J connectivity index is 1.53. The Morgan fingerprint density at radius 3 is 2.87 bits per heavy atom. The van der Waals surface area contributed by atoms with E-state index in [-0.39, 0.29) is 5.97 Å². The molecule has 8 heteroatoms. The normalized spacial score (nSPS) is 16.6. The molecule has 3 rings (SSSR count). The third-order valence-electron chi connectivity index (χ3n) is 3.87. The molecular formula is C15H20N4O3S. The lowest BCUT2D eigenvalue weighted by Crippen LogP contribution is -2.32. The van der Waals surface area contributed by atoms with Gasteiger partial charge in [0, 0.05) is 18.2 Å². The van der Waals surface area contributed by atoms with Gasteiger partial charge in [0.2, 0.25) is 11.8 Å². The summed E-state index contributed by atoms with van der Waals surface area (Å²) in [4.78, 5) is 18.4. The molecule has 0 aliphatic carbocycles. The molecule has 1 aliphatic heterocycles. The number of aryl methyl sites for hydroxylation is 1. The van der Waals surface area contributed by atoms with Crippen molar-refractivity contribution in [3.63, 3.8) is 0 Å². The van der Waals surface area contributed by atoms with Gasteiger partial charge < -0.3 is 9.15 Å². The SMILES string of the molecule is CCOC(=O)c1csc(C2CCN(Cc3nnc(C)o3)CC2)n1. The maximum Gasteiger partial charge on any atom is 0.357 e. The van der Waals surface area contributed by atoms with E-state index in [4.69, 9.17) is 9.15 Å². The summed E-state index contributed by atoms with van der Waals surface area (Å²) in [6.07, 6.45) is 2.03. The number of hydrogen-bond donors (Lipinski definition) is 0. The number of nitrogens with zero attached hydrogens (tertiary/aromatic N) is 4. The molecule has 0 atom stereocenters. The molecule has 2 aromatic rings. The zero-order valence-corrected chi connectivity index (χ0v) is 14.1. The topological polar surface area (TPSA) is 81.4 Å². The Hall–Kier alpha value is -1.80. The van der Waals surface area contributed by atoms with Gasteiger partial charge in [-0.05, 0) is 32.9 Å². The monoisotopic (exact) mass is 336 g/mol. The quantitative estimate of drug-likeness (QED) is 0.775. The highest BCUT2D eigenvalue weighted by atomic mass is 32.1. The Morgan fingerprint density at radius 2 is 2.22 bits per heavy atom. The Labute approximate surface area is 138 Å². The van der Waals surface area contributed by atoms with Crippen molar-refractivity contribution in [1.82, 2.24) is 20.1 Å². The number of thiazole rings is 1. The van der Waals surface area contributed by atoms with Crippen molar-refractivity contribution in [1.29, 1.82) is 0 Å². The molecule has 0 aromatic carbocycles. The van der Waals surface area contributed by atoms with Crippen LogP contribution in [-0.4, -0.2) is 45.7 Å². The van der Waals surface area contributed by atoms with E-state index < -0.39 is 0 Å². The second-order valence-corrected chi connectivity index (χ2v) is 6.45. The minimum atomic E-state index is -0.334. The molecule has 0 N–H and O–H groups in total. The summed E-state index contributed by atoms with van der Waals surface area (Å²) in [5, 5.41) is 10.7. The van der Waals surface area contributed by atoms with Crippen LogP contribution in [0.4, 0.5) is 0 Å². The van der Waals surface area contributed by atoms with E-state index >= 15 is 0 Å². The average Bonchev–Trinajstić information content (AvgIpc) is 3.18. The van der Waals surface area contributed by atoms with Crippen LogP contribution < -0.4 is 0 Å². The molecule has 124 valence electrons. The van der Waals surface area contributed by atoms with Gasteiger partial charge in [0.25, 0.3) is 0 Å². The highest BCUT2D eigenvalue weighted by molar-refractivity contribution is 7.09. The van der Waals surface area contributed by atoms with E-state index in [2.05, 4.69) is 20.1 Å². The lowest BCUT2D eigenvalue weighted by atomic mass is 9.97. The van der Waals surface area contributed by atoms with E-state index in [1.165, 1.54) is 0 Å². The first kappa shape index (κ1) is 16.1. The van der Waals surface area contributed by atoms with E-state index in [0.29, 0.717) is 36.5 Å². The first-order valence-electron chi connectivity index (χ1n) is 7.79. The molecule has 7 nitrogen and oxygen atoms in total. The summed E-state index contributed by atoms with van der Waals surface area (Å²) < 4.78 is 10.4. The van der Waals surface area contributed by atoms with Crippen LogP contribution in [0.2, 0.25) is 0 Å². The van der Waals surface area contributed by atoms with Gasteiger partial charge in [0.05, 0.1) is 18.2 Å². The molecular weight excluding hydrogens is 316 g/mol. The summed E-state index contributed by atoms with van der Waals surface area (Å²) in [6, 6.07) is 0. The van der Waals surface area contributed by atoms with Crippen LogP contribution in [0.3, 0.4) is 0 Å². The molecule has 1 aliphatic rings. The number of likely N-dealkylation sites (tertiary alicyclic amines) is 1. The van der Waals surface area contributed by atoms with Crippen LogP contribution in [-0.2, 0) is 11.3 Å². The number of esters is 1. The Morgan fingerprint density at radius 1 is 1.43 bits per heavy atom. The van der Waals surface area contributed by atoms with Gasteiger partial charge in [-0.1, -0.05) is 0 Å². The van der Waals surface area contributed by atoms with Crippen molar-refractivity contribution < 1.29 is 13.9 Å². The number of aromatic nitrogens is 3. The maximum atomic E-state index is 11.7. The molecule has 2 aromatic heterocycles. The highest BCUT2D eigenvalue weighted by Crippen LogP contribution is 2.30. The standard InChI is InChI=1S/C15H20N4O3S/c1-3-21-15(20)12-9-23-14(16-12)11-4-6-19(7-5-11)8-13-18-17-10(2)22-13/h9,11H,3-8H2,1-2H3. The van der Waals surface area contributed by atoms with Crippen molar-refractivity contribution >= 4 is 17.3 Å². The van der Waals surface area contributed by atoms with Crippen LogP contribution >= 0.6 is 11.3 Å². The van der Waals surface area contributed by atoms with Crippen LogP contribution in [0.15, 0.2) is 9.80 Å². The predicted molar refractivity (Wildman–Crippen MR) is 84.4 cm³/mol. The van der Waals surface area contributed by atoms with E-state index in [1.54, 1.807) is 30.6 Å². The van der Waals surface area contributed by atoms with Gasteiger partial charge in [-0.2, -0.15) is 0 Å². The van der Waals surface area contributed by atoms with Gasteiger partial charge >= 0.3 is 5.97 Å². The summed E-state index contributed by atoms with van der Waals surface area (Å²) in [5.41, 5.74) is 0.426. The molecule has 1 saturated heterocycles. The van der Waals surface area contributed by atoms with Crippen LogP contribution in [0.1, 0.15) is 53.0 Å². The fraction of sp³-hybridized carbons (Fsp3) is 0.600. The molecule has 0 amide bonds. The smallest absolute Gasteiger partial charge is 0.357 e. The van der Waals surface area contributed by atoms with Gasteiger partial charge in [0.1, 0.15) is 0 Å². The lowest BCUT2D eigenvalue weighted by molar-refractivity contribution is 0.0520. The number of piperidine rings is 1. The number of ether oxygens (including phenoxy) is 1. The van der Waals surface area contributed by atoms with Crippen molar-refractivity contribution in [3.05, 3.63) is 27.9 Å². The average molecular weight is 336 g/mol. The largest absolute Gasteiger partial charge is 0.461 e. The predicted octanol–water partition coefficient (Wildman–Crippen LogP) is 2.39. The van der Waals surface area contributed by atoms with E-state index in [0.717, 1.165) is 30.9 Å². The van der Waals surface area contributed by atoms with Crippen LogP contribution in [0, 0.1) is 6.92 Å². The molecule has 0 spiro atoms. The second-order valence-electron chi connectivity index (χ2n) is 5.56. The Bertz CT molecular complexity index is 661. The van der Waals surface area contributed by atoms with Crippen LogP contribution in [0.5, 0.6) is 0 Å². The Kier molecular flexibility index (Phi) is 5.02. The summed E-state index contributed by atoms with van der Waals surface area (Å²) >= 11 is 1.55. The number of hydrogen-bond acceptors (Lipinski definition) is 8. The maximum absolute atomic E-state index is 11.7. The van der Waals surface area contributed by atoms with Gasteiger partial charge in [-0.15, -0.1) is 21.5 Å². The molecule has 3 heterocycles. The zero-order valence-electron chi connectivity index (χ0n) is 13.3. The molecule has 0 saturated carbocycles. The minimum Gasteiger partial charge on any atom is -0.461 e. The van der Waals surface area contributed by atoms with Gasteiger partial charge in [-0.3, -0.25) is 4.90 Å². The second kappa shape index (κ2) is 7.18. The fourth-order valence-corrected chi connectivity index (χ4v) is 3.67. The third-order valence-corrected chi connectivity index (χ3v) is 4.88. The van der Waals surface area contributed by atoms with Gasteiger partial charge in [0.15, 0.2) is 5.69 Å². The number of rotatable bonds is 5. The molecule has 0 unspecified atom stereocenters. The molecule has 0 radical (unpaired) electrons. The van der Waals surface area contributed by atoms with Crippen molar-refractivity contribution in [2.24, 2.45) is 0 Å². The highest BCUT2D eigenvalue weighted by Gasteiger charge is 2.25. The summed E-state index contributed by atoms with van der Waals surface area (Å²) in [6.45, 7) is 6.58. The lowest BCUT2D eigenvalue weighted by Gasteiger charge is -2.29. The van der Waals surface area contributed by atoms with Crippen LogP contribution in [0.25, 0.3) is 0 Å². The van der Waals surface area contributed by atoms with E-state index in [1.807, 2.05) is 0 Å². The molecule has 1 fully saturated rings. The third kappa shape index (κ3) is 3.94. The van der Waals surface area contributed by atoms with Gasteiger partial charge in [-0.25, -0.2) is 9.78 Å². The summed E-state index contributed by atoms with van der Waals surface area (Å²) in [5.74, 6) is 1.34. The zero-order chi connectivity index (χ0) is 16.2. The first-order valence-corrected chi connectivity index (χ1v) is 8.67. The van der Waals surface area contributed by atoms with Crippen molar-refractivity contribution in [3.8, 4) is 0 Å². The van der Waals surface area contributed by atoms with Crippen molar-refractivity contribution in [2.45, 2.75) is 39.2 Å². The summed E-state index contributed by atoms with van der Waals surface area (Å²) in [7, 11) is 0. The fourth-order valence-electron chi connectivity index (χ4n) is 2.70. The number of carbonyl (C=O) groups is 1.